The van der Waals surface area contributed by atoms with Crippen molar-refractivity contribution < 1.29 is 0 Å². The van der Waals surface area contributed by atoms with Crippen LogP contribution in [0, 0.1) is 5.92 Å². The fraction of sp³-hybridized carbons (Fsp3) is 0.217. The van der Waals surface area contributed by atoms with Crippen molar-refractivity contribution in [2.75, 3.05) is 0 Å². The molecule has 0 amide bonds. The summed E-state index contributed by atoms with van der Waals surface area (Å²) in [4.78, 5) is 0. The molecule has 1 aliphatic carbocycles. The highest BCUT2D eigenvalue weighted by Gasteiger charge is 2.23. The minimum atomic E-state index is 0.433. The van der Waals surface area contributed by atoms with Gasteiger partial charge in [0.15, 0.2) is 0 Å². The molecule has 0 aliphatic heterocycles. The molecule has 1 aliphatic rings. The maximum Gasteiger partial charge on any atom is 0.0537 e. The molecular weight excluding hydrogens is 290 g/mol. The van der Waals surface area contributed by atoms with E-state index in [0.29, 0.717) is 11.8 Å². The third kappa shape index (κ3) is 2.50. The molecule has 2 aromatic carbocycles. The van der Waals surface area contributed by atoms with Gasteiger partial charge in [0, 0.05) is 28.2 Å². The van der Waals surface area contributed by atoms with Crippen molar-refractivity contribution in [3.05, 3.63) is 84.1 Å². The second-order valence-electron chi connectivity index (χ2n) is 6.97. The topological polar surface area (TPSA) is 4.93 Å². The zero-order chi connectivity index (χ0) is 16.5. The Labute approximate surface area is 143 Å². The van der Waals surface area contributed by atoms with Gasteiger partial charge in [-0.05, 0) is 30.5 Å². The molecule has 1 atom stereocenters. The van der Waals surface area contributed by atoms with Crippen LogP contribution in [0.25, 0.3) is 22.7 Å². The molecule has 1 heteroatoms. The lowest BCUT2D eigenvalue weighted by Gasteiger charge is -2.20. The Bertz CT molecular complexity index is 910. The molecule has 0 saturated heterocycles. The van der Waals surface area contributed by atoms with Crippen molar-refractivity contribution in [2.45, 2.75) is 26.2 Å². The van der Waals surface area contributed by atoms with Crippen molar-refractivity contribution in [3.8, 4) is 5.69 Å². The number of hydrogen-bond donors (Lipinski definition) is 0. The zero-order valence-corrected chi connectivity index (χ0v) is 14.3. The third-order valence-electron chi connectivity index (χ3n) is 4.76. The summed E-state index contributed by atoms with van der Waals surface area (Å²) in [6.45, 7) is 4.61. The largest absolute Gasteiger partial charge is 0.312 e. The van der Waals surface area contributed by atoms with Crippen molar-refractivity contribution in [1.29, 1.82) is 0 Å². The number of allylic oxidation sites excluding steroid dienone is 3. The van der Waals surface area contributed by atoms with Gasteiger partial charge in [-0.25, -0.2) is 0 Å². The van der Waals surface area contributed by atoms with E-state index in [0.717, 1.165) is 6.42 Å². The van der Waals surface area contributed by atoms with E-state index in [1.807, 2.05) is 0 Å². The molecule has 0 saturated carbocycles. The van der Waals surface area contributed by atoms with E-state index in [-0.39, 0.29) is 0 Å². The Morgan fingerprint density at radius 3 is 2.46 bits per heavy atom. The lowest BCUT2D eigenvalue weighted by molar-refractivity contribution is 0.540. The Morgan fingerprint density at radius 1 is 0.917 bits per heavy atom. The predicted molar refractivity (Wildman–Crippen MR) is 104 cm³/mol. The van der Waals surface area contributed by atoms with Crippen LogP contribution in [0.1, 0.15) is 37.4 Å². The molecule has 24 heavy (non-hydrogen) atoms. The summed E-state index contributed by atoms with van der Waals surface area (Å²) in [7, 11) is 0. The fourth-order valence-electron chi connectivity index (χ4n) is 3.82. The van der Waals surface area contributed by atoms with E-state index in [1.54, 1.807) is 0 Å². The summed E-state index contributed by atoms with van der Waals surface area (Å²) in [5, 5.41) is 1.34. The van der Waals surface area contributed by atoms with Crippen molar-refractivity contribution in [1.82, 2.24) is 4.57 Å². The fourth-order valence-corrected chi connectivity index (χ4v) is 3.82. The predicted octanol–water partition coefficient (Wildman–Crippen LogP) is 6.34. The van der Waals surface area contributed by atoms with E-state index in [9.17, 15) is 0 Å². The number of nitrogens with zero attached hydrogens (tertiary/aromatic N) is 1. The Balaban J connectivity index is 2.06. The highest BCUT2D eigenvalue weighted by Crippen LogP contribution is 2.39. The first kappa shape index (κ1) is 15.0. The molecule has 0 spiro atoms. The van der Waals surface area contributed by atoms with Crippen LogP contribution in [-0.2, 0) is 0 Å². The quantitative estimate of drug-likeness (QED) is 0.531. The number of benzene rings is 2. The van der Waals surface area contributed by atoms with Gasteiger partial charge in [-0.15, -0.1) is 0 Å². The van der Waals surface area contributed by atoms with Crippen LogP contribution in [0.15, 0.2) is 72.8 Å². The number of hydrogen-bond acceptors (Lipinski definition) is 0. The summed E-state index contributed by atoms with van der Waals surface area (Å²) < 4.78 is 2.46. The molecule has 1 heterocycles. The van der Waals surface area contributed by atoms with Gasteiger partial charge < -0.3 is 4.57 Å². The number of para-hydroxylation sites is 2. The molecule has 0 radical (unpaired) electrons. The van der Waals surface area contributed by atoms with Crippen LogP contribution in [0.3, 0.4) is 0 Å². The van der Waals surface area contributed by atoms with Gasteiger partial charge in [0.25, 0.3) is 0 Å². The van der Waals surface area contributed by atoms with Gasteiger partial charge >= 0.3 is 0 Å². The average molecular weight is 313 g/mol. The lowest BCUT2D eigenvalue weighted by Crippen LogP contribution is -2.08. The molecule has 120 valence electrons. The van der Waals surface area contributed by atoms with Gasteiger partial charge in [-0.3, -0.25) is 0 Å². The summed E-state index contributed by atoms with van der Waals surface area (Å²) in [5.74, 6) is 1.09. The van der Waals surface area contributed by atoms with Crippen LogP contribution in [0.2, 0.25) is 0 Å². The number of aromatic nitrogens is 1. The van der Waals surface area contributed by atoms with Gasteiger partial charge in [-0.2, -0.15) is 0 Å². The van der Waals surface area contributed by atoms with Crippen LogP contribution >= 0.6 is 0 Å². The summed E-state index contributed by atoms with van der Waals surface area (Å²) in [5.41, 5.74) is 5.32. The van der Waals surface area contributed by atoms with Gasteiger partial charge in [-0.1, -0.05) is 74.5 Å². The van der Waals surface area contributed by atoms with Crippen LogP contribution < -0.4 is 0 Å². The minimum Gasteiger partial charge on any atom is -0.312 e. The minimum absolute atomic E-state index is 0.433. The molecule has 0 bridgehead atoms. The Morgan fingerprint density at radius 2 is 1.67 bits per heavy atom. The van der Waals surface area contributed by atoms with E-state index in [4.69, 9.17) is 0 Å². The van der Waals surface area contributed by atoms with Crippen LogP contribution in [0.4, 0.5) is 0 Å². The first-order valence-corrected chi connectivity index (χ1v) is 8.79. The molecule has 1 unspecified atom stereocenters. The molecule has 1 aromatic heterocycles. The van der Waals surface area contributed by atoms with E-state index >= 15 is 0 Å². The van der Waals surface area contributed by atoms with Gasteiger partial charge in [0.1, 0.15) is 0 Å². The van der Waals surface area contributed by atoms with Gasteiger partial charge in [0.05, 0.1) is 5.52 Å². The standard InChI is InChI=1S/C23H23N/c1-17(2)16-18-10-6-7-14-21-20-13-8-9-15-22(20)24(23(18)21)19-11-4-3-5-12-19/h3-15,17-18H,16H2,1-2H3. The highest BCUT2D eigenvalue weighted by atomic mass is 15.0. The maximum atomic E-state index is 2.46. The van der Waals surface area contributed by atoms with Crippen LogP contribution in [-0.4, -0.2) is 4.57 Å². The van der Waals surface area contributed by atoms with E-state index in [2.05, 4.69) is 97.3 Å². The van der Waals surface area contributed by atoms with E-state index < -0.39 is 0 Å². The Kier molecular flexibility index (Phi) is 3.86. The van der Waals surface area contributed by atoms with E-state index in [1.165, 1.54) is 27.8 Å². The number of fused-ring (bicyclic) bond motifs is 3. The zero-order valence-electron chi connectivity index (χ0n) is 14.3. The van der Waals surface area contributed by atoms with Crippen molar-refractivity contribution >= 4 is 17.0 Å². The summed E-state index contributed by atoms with van der Waals surface area (Å²) >= 11 is 0. The average Bonchev–Trinajstić information content (AvgIpc) is 2.79. The first-order valence-electron chi connectivity index (χ1n) is 8.79. The summed E-state index contributed by atoms with van der Waals surface area (Å²) in [6.07, 6.45) is 10.2. The highest BCUT2D eigenvalue weighted by molar-refractivity contribution is 5.93. The smallest absolute Gasteiger partial charge is 0.0537 e. The van der Waals surface area contributed by atoms with Crippen molar-refractivity contribution in [2.24, 2.45) is 5.92 Å². The normalized spacial score (nSPS) is 16.5. The summed E-state index contributed by atoms with van der Waals surface area (Å²) in [6, 6.07) is 19.5. The van der Waals surface area contributed by atoms with Crippen molar-refractivity contribution in [3.63, 3.8) is 0 Å². The molecule has 0 N–H and O–H groups in total. The molecular formula is C23H23N. The second kappa shape index (κ2) is 6.16. The molecule has 3 aromatic rings. The molecule has 1 nitrogen and oxygen atoms in total. The second-order valence-corrected chi connectivity index (χ2v) is 6.97. The lowest BCUT2D eigenvalue weighted by atomic mass is 9.92. The third-order valence-corrected chi connectivity index (χ3v) is 4.76. The maximum absolute atomic E-state index is 2.46. The number of rotatable bonds is 3. The Hall–Kier alpha value is -2.54. The first-order chi connectivity index (χ1) is 11.8. The van der Waals surface area contributed by atoms with Crippen LogP contribution in [0.5, 0.6) is 0 Å². The molecule has 0 fully saturated rings. The molecule has 4 rings (SSSR count). The van der Waals surface area contributed by atoms with Gasteiger partial charge in [0.2, 0.25) is 0 Å². The SMILES string of the molecule is CC(C)CC1C=CC=Cc2c1n(-c1ccccc1)c1ccccc21. The monoisotopic (exact) mass is 313 g/mol.